The van der Waals surface area contributed by atoms with Crippen LogP contribution < -0.4 is 45.5 Å². The van der Waals surface area contributed by atoms with E-state index < -0.39 is 160 Å². The van der Waals surface area contributed by atoms with Crippen molar-refractivity contribution in [2.45, 2.75) is 153 Å². The van der Waals surface area contributed by atoms with Gasteiger partial charge in [-0.1, -0.05) is 13.8 Å². The summed E-state index contributed by atoms with van der Waals surface area (Å²) in [7, 11) is 0. The van der Waals surface area contributed by atoms with Crippen LogP contribution in [0.25, 0.3) is 0 Å². The number of nitrogens with one attached hydrogen (secondary N) is 1. The first-order chi connectivity index (χ1) is 37.9. The van der Waals surface area contributed by atoms with Gasteiger partial charge in [-0.05, 0) is 76.5 Å². The molecular formula is C44H62N11O20P3S3. The second-order valence-electron chi connectivity index (χ2n) is 20.3. The average Bonchev–Trinajstić information content (AvgIpc) is 2.40. The summed E-state index contributed by atoms with van der Waals surface area (Å²) >= 11 is 16.6. The number of ether oxygens (including phenoxy) is 5. The molecule has 0 spiro atoms. The van der Waals surface area contributed by atoms with Gasteiger partial charge in [0, 0.05) is 65.8 Å². The van der Waals surface area contributed by atoms with Gasteiger partial charge in [0.05, 0.1) is 50.3 Å². The molecule has 446 valence electrons. The standard InChI is InChI=1S/C44H62N11O20P3S3/c1-8-24-25(9-29(69-24)53-14-21(5)37(57)51-43(53)61)73-78(64,81)67-17-44-23(7)68-32(39(72-44)55-13-20(4)36(47)50-42(55)60)33(44)75-77(63,80)65-15-27-26(10-30(70-27)52-11-18(2)34(45)48-40(52)58)74-76(62,79)66-16-28-31(56)22(6)38(71-28)54-12-19(3)35(46)49-41(54)59/h11-14,22-33,38-39,56H,8-10,15-17H2,1-7H3,(H,62,79)(H,63,80)(H,64,81)(H2,45,48,58)(H2,46,49,59)(H2,47,50,60)(H,51,57,61)/t22?,23-,24+,25+,26+,27+,28+,29+,30+,31+,32?,33+,38+,39+,44-,76?,77?,78?/m0/s1. The molecule has 0 radical (unpaired) electrons. The lowest BCUT2D eigenvalue weighted by Crippen LogP contribution is -2.51. The highest BCUT2D eigenvalue weighted by Crippen LogP contribution is 2.59. The third-order valence-electron chi connectivity index (χ3n) is 14.8. The number of hydrogen-bond donors (Lipinski definition) is 8. The van der Waals surface area contributed by atoms with E-state index in [4.69, 9.17) is 103 Å². The van der Waals surface area contributed by atoms with Gasteiger partial charge in [-0.25, -0.2) is 19.2 Å². The molecule has 5 saturated heterocycles. The van der Waals surface area contributed by atoms with Crippen molar-refractivity contribution in [2.24, 2.45) is 5.92 Å². The van der Waals surface area contributed by atoms with Crippen LogP contribution in [0.5, 0.6) is 0 Å². The van der Waals surface area contributed by atoms with E-state index in [1.54, 1.807) is 41.5 Å². The number of nitrogen functional groups attached to an aromatic ring is 3. The molecule has 31 nitrogen and oxygen atoms in total. The zero-order valence-electron chi connectivity index (χ0n) is 44.4. The Morgan fingerprint density at radius 3 is 1.70 bits per heavy atom. The molecule has 9 rings (SSSR count). The van der Waals surface area contributed by atoms with E-state index in [1.165, 1.54) is 40.8 Å². The maximum Gasteiger partial charge on any atom is 0.351 e. The smallest absolute Gasteiger partial charge is 0.351 e. The Morgan fingerprint density at radius 1 is 0.654 bits per heavy atom. The number of aliphatic hydroxyl groups excluding tert-OH is 1. The van der Waals surface area contributed by atoms with Crippen LogP contribution in [0.2, 0.25) is 0 Å². The summed E-state index contributed by atoms with van der Waals surface area (Å²) in [6.07, 6.45) is -8.96. The Kier molecular flexibility index (Phi) is 17.9. The van der Waals surface area contributed by atoms with Gasteiger partial charge >= 0.3 is 42.9 Å². The van der Waals surface area contributed by atoms with Crippen LogP contribution in [-0.4, -0.2) is 138 Å². The summed E-state index contributed by atoms with van der Waals surface area (Å²) in [4.78, 5) is 113. The second kappa shape index (κ2) is 23.5. The van der Waals surface area contributed by atoms with Crippen molar-refractivity contribution >= 4 is 73.0 Å². The minimum atomic E-state index is -4.57. The number of anilines is 3. The van der Waals surface area contributed by atoms with Gasteiger partial charge in [-0.15, -0.1) is 0 Å². The molecule has 5 aliphatic heterocycles. The van der Waals surface area contributed by atoms with Gasteiger partial charge in [-0.3, -0.25) is 32.6 Å². The molecule has 5 unspecified atom stereocenters. The van der Waals surface area contributed by atoms with E-state index in [0.717, 1.165) is 9.13 Å². The van der Waals surface area contributed by atoms with Crippen molar-refractivity contribution in [3.8, 4) is 0 Å². The second-order valence-corrected chi connectivity index (χ2v) is 28.7. The molecule has 4 aromatic rings. The Labute approximate surface area is 475 Å². The van der Waals surface area contributed by atoms with Crippen molar-refractivity contribution in [2.75, 3.05) is 37.0 Å². The molecular weight excluding hydrogens is 1190 g/mol. The molecule has 0 amide bonds. The predicted molar refractivity (Wildman–Crippen MR) is 295 cm³/mol. The lowest BCUT2D eigenvalue weighted by Gasteiger charge is -2.37. The third kappa shape index (κ3) is 12.7. The van der Waals surface area contributed by atoms with Crippen molar-refractivity contribution in [3.63, 3.8) is 0 Å². The molecule has 81 heavy (non-hydrogen) atoms. The lowest BCUT2D eigenvalue weighted by atomic mass is 9.94. The molecule has 5 fully saturated rings. The first-order valence-corrected chi connectivity index (χ1v) is 33.0. The van der Waals surface area contributed by atoms with E-state index in [2.05, 4.69) is 19.9 Å². The van der Waals surface area contributed by atoms with Crippen LogP contribution in [0.3, 0.4) is 0 Å². The topological polar surface area (TPSA) is 420 Å². The first kappa shape index (κ1) is 61.6. The summed E-state index contributed by atoms with van der Waals surface area (Å²) in [6.45, 7) is -3.68. The van der Waals surface area contributed by atoms with Crippen LogP contribution in [0.1, 0.15) is 87.2 Å². The Balaban J connectivity index is 0.933. The van der Waals surface area contributed by atoms with Crippen LogP contribution in [0.15, 0.2) is 48.8 Å². The largest absolute Gasteiger partial charge is 0.390 e. The summed E-state index contributed by atoms with van der Waals surface area (Å²) in [5.41, 5.74) is 13.7. The summed E-state index contributed by atoms with van der Waals surface area (Å²) in [5, 5.41) is 11.2. The Hall–Kier alpha value is -3.93. The lowest BCUT2D eigenvalue weighted by molar-refractivity contribution is -0.216. The maximum atomic E-state index is 13.4. The highest BCUT2D eigenvalue weighted by atomic mass is 32.5. The zero-order chi connectivity index (χ0) is 59.0. The van der Waals surface area contributed by atoms with Gasteiger partial charge in [0.2, 0.25) is 0 Å². The number of aromatic amines is 1. The van der Waals surface area contributed by atoms with Gasteiger partial charge in [0.1, 0.15) is 66.2 Å². The monoisotopic (exact) mass is 1250 g/mol. The fraction of sp³-hybridized carbons (Fsp3) is 0.636. The SMILES string of the molecule is CC[C@H]1O[C@@H](n2cc(C)c(=O)[nH]c2=O)C[C@H]1OP(O)(=S)OC[C@]12O[C@@H](n3cc(C)c(N)nc3=O)C(O[C@H]1C)[C@H]2OP(O)(=S)OC[C@H]1O[C@@H](n2cc(C)c(N)nc2=O)C[C@H]1OP(O)(=S)OC[C@H]1O[C@@H](n2cc(C)c(N)nc2=O)C(C)[C@H]1O. The molecule has 0 saturated carbocycles. The van der Waals surface area contributed by atoms with Crippen LogP contribution in [-0.2, 0) is 86.2 Å². The predicted octanol–water partition coefficient (Wildman–Crippen LogP) is 0.0777. The van der Waals surface area contributed by atoms with Gasteiger partial charge in [-0.2, -0.15) is 15.0 Å². The molecule has 5 aliphatic rings. The number of aliphatic hydroxyl groups is 1. The summed E-state index contributed by atoms with van der Waals surface area (Å²) in [5.74, 6) is -0.730. The molecule has 9 heterocycles. The molecule has 4 aromatic heterocycles. The molecule has 0 aromatic carbocycles. The highest BCUT2D eigenvalue weighted by molar-refractivity contribution is 8.07. The van der Waals surface area contributed by atoms with Gasteiger partial charge < -0.3 is 83.3 Å². The molecule has 37 heteroatoms. The van der Waals surface area contributed by atoms with Crippen molar-refractivity contribution in [1.29, 1.82) is 0 Å². The summed E-state index contributed by atoms with van der Waals surface area (Å²) in [6, 6.07) is 0. The number of aryl methyl sites for hydroxylation is 4. The molecule has 0 aliphatic carbocycles. The number of H-pyrrole nitrogens is 1. The number of rotatable bonds is 20. The van der Waals surface area contributed by atoms with E-state index >= 15 is 0 Å². The normalized spacial score (nSPS) is 33.2. The van der Waals surface area contributed by atoms with Crippen LogP contribution in [0.4, 0.5) is 17.5 Å². The van der Waals surface area contributed by atoms with Crippen LogP contribution >= 0.6 is 20.2 Å². The number of nitrogens with two attached hydrogens (primary N) is 3. The molecule has 18 atom stereocenters. The summed E-state index contributed by atoms with van der Waals surface area (Å²) < 4.78 is 72.0. The van der Waals surface area contributed by atoms with Crippen molar-refractivity contribution in [1.82, 2.24) is 38.2 Å². The number of hydrogen-bond acceptors (Lipinski definition) is 26. The number of fused-ring (bicyclic) bond motifs is 2. The minimum absolute atomic E-state index is 0.0131. The minimum Gasteiger partial charge on any atom is -0.390 e. The van der Waals surface area contributed by atoms with Crippen molar-refractivity contribution in [3.05, 3.63) is 99.3 Å². The highest BCUT2D eigenvalue weighted by Gasteiger charge is 2.68. The number of aromatic nitrogens is 8. The van der Waals surface area contributed by atoms with E-state index in [0.29, 0.717) is 23.1 Å². The fourth-order valence-corrected chi connectivity index (χ4v) is 14.6. The Bertz CT molecular complexity index is 3540. The van der Waals surface area contributed by atoms with Gasteiger partial charge in [0.25, 0.3) is 5.56 Å². The third-order valence-corrected chi connectivity index (χ3v) is 19.5. The van der Waals surface area contributed by atoms with E-state index in [9.17, 15) is 43.8 Å². The van der Waals surface area contributed by atoms with E-state index in [1.807, 2.05) is 0 Å². The van der Waals surface area contributed by atoms with Gasteiger partial charge in [0.15, 0.2) is 6.23 Å². The maximum absolute atomic E-state index is 13.4. The fourth-order valence-electron chi connectivity index (χ4n) is 10.2. The molecule has 2 bridgehead atoms. The number of nitrogens with zero attached hydrogens (tertiary/aromatic N) is 7. The molecule has 11 N–H and O–H groups in total. The van der Waals surface area contributed by atoms with E-state index in [-0.39, 0.29) is 35.9 Å². The quantitative estimate of drug-likeness (QED) is 0.0543. The Morgan fingerprint density at radius 2 is 1.12 bits per heavy atom. The zero-order valence-corrected chi connectivity index (χ0v) is 49.5. The first-order valence-electron chi connectivity index (χ1n) is 25.2. The average molecular weight is 1250 g/mol. The van der Waals surface area contributed by atoms with Crippen molar-refractivity contribution < 1.29 is 70.6 Å². The van der Waals surface area contributed by atoms with Crippen LogP contribution in [0, 0.1) is 33.6 Å².